The van der Waals surface area contributed by atoms with Crippen LogP contribution in [0.25, 0.3) is 0 Å². The lowest BCUT2D eigenvalue weighted by molar-refractivity contribution is 0.665. The molecule has 0 spiro atoms. The lowest BCUT2D eigenvalue weighted by Gasteiger charge is -2.12. The second kappa shape index (κ2) is 3.96. The third kappa shape index (κ3) is 1.87. The normalized spacial score (nSPS) is 20.1. The molecule has 74 valence electrons. The van der Waals surface area contributed by atoms with Crippen molar-refractivity contribution in [2.45, 2.75) is 25.9 Å². The van der Waals surface area contributed by atoms with E-state index < -0.39 is 0 Å². The molecule has 1 N–H and O–H groups in total. The summed E-state index contributed by atoms with van der Waals surface area (Å²) in [6.07, 6.45) is 5.81. The molecule has 1 aliphatic heterocycles. The summed E-state index contributed by atoms with van der Waals surface area (Å²) < 4.78 is 0. The van der Waals surface area contributed by atoms with E-state index in [-0.39, 0.29) is 6.17 Å². The zero-order chi connectivity index (χ0) is 9.97. The number of hydrogen-bond donors (Lipinski definition) is 1. The molecule has 0 saturated carbocycles. The van der Waals surface area contributed by atoms with Crippen LogP contribution in [0.1, 0.15) is 35.7 Å². The van der Waals surface area contributed by atoms with E-state index in [1.165, 1.54) is 9.75 Å². The summed E-state index contributed by atoms with van der Waals surface area (Å²) in [5.74, 6) is 0.608. The quantitative estimate of drug-likeness (QED) is 0.790. The summed E-state index contributed by atoms with van der Waals surface area (Å²) in [5, 5.41) is 3.22. The Bertz CT molecular complexity index is 363. The van der Waals surface area contributed by atoms with Crippen molar-refractivity contribution in [2.75, 3.05) is 0 Å². The highest BCUT2D eigenvalue weighted by molar-refractivity contribution is 7.12. The van der Waals surface area contributed by atoms with Crippen LogP contribution in [0.2, 0.25) is 0 Å². The molecule has 14 heavy (non-hydrogen) atoms. The molecule has 0 aliphatic carbocycles. The summed E-state index contributed by atoms with van der Waals surface area (Å²) >= 11 is 1.84. The fourth-order valence-corrected chi connectivity index (χ4v) is 2.37. The van der Waals surface area contributed by atoms with Crippen LogP contribution in [-0.4, -0.2) is 6.21 Å². The van der Waals surface area contributed by atoms with Crippen molar-refractivity contribution in [3.8, 4) is 0 Å². The summed E-state index contributed by atoms with van der Waals surface area (Å²) in [7, 11) is 0. The lowest BCUT2D eigenvalue weighted by Crippen LogP contribution is -2.14. The molecule has 3 heteroatoms. The molecule has 0 amide bonds. The smallest absolute Gasteiger partial charge is 0.153 e. The number of nitrogens with one attached hydrogen (secondary N) is 1. The van der Waals surface area contributed by atoms with E-state index in [4.69, 9.17) is 0 Å². The molecule has 1 aliphatic rings. The third-order valence-corrected chi connectivity index (χ3v) is 3.60. The predicted octanol–water partition coefficient (Wildman–Crippen LogP) is 3.06. The largest absolute Gasteiger partial charge is 0.365 e. The first kappa shape index (κ1) is 9.46. The van der Waals surface area contributed by atoms with Crippen molar-refractivity contribution < 1.29 is 0 Å². The molecule has 0 bridgehead atoms. The number of aliphatic imine (C=N–C) groups is 1. The van der Waals surface area contributed by atoms with Gasteiger partial charge in [0.15, 0.2) is 6.17 Å². The van der Waals surface area contributed by atoms with Gasteiger partial charge in [-0.15, -0.1) is 11.3 Å². The highest BCUT2D eigenvalue weighted by Gasteiger charge is 2.12. The second-order valence-electron chi connectivity index (χ2n) is 3.62. The van der Waals surface area contributed by atoms with Gasteiger partial charge in [-0.05, 0) is 30.3 Å². The number of nitrogens with zero attached hydrogens (tertiary/aromatic N) is 1. The average molecular weight is 206 g/mol. The van der Waals surface area contributed by atoms with Crippen LogP contribution in [-0.2, 0) is 0 Å². The van der Waals surface area contributed by atoms with Crippen molar-refractivity contribution in [3.63, 3.8) is 0 Å². The van der Waals surface area contributed by atoms with Crippen LogP contribution in [0, 0.1) is 0 Å². The molecule has 0 fully saturated rings. The minimum atomic E-state index is 0.123. The van der Waals surface area contributed by atoms with E-state index in [1.807, 2.05) is 29.8 Å². The van der Waals surface area contributed by atoms with Crippen LogP contribution in [0.5, 0.6) is 0 Å². The van der Waals surface area contributed by atoms with E-state index >= 15 is 0 Å². The van der Waals surface area contributed by atoms with Crippen molar-refractivity contribution in [1.29, 1.82) is 0 Å². The van der Waals surface area contributed by atoms with Gasteiger partial charge in [0.1, 0.15) is 0 Å². The van der Waals surface area contributed by atoms with E-state index in [2.05, 4.69) is 36.3 Å². The van der Waals surface area contributed by atoms with Gasteiger partial charge in [-0.1, -0.05) is 13.8 Å². The summed E-state index contributed by atoms with van der Waals surface area (Å²) in [4.78, 5) is 7.07. The van der Waals surface area contributed by atoms with Crippen molar-refractivity contribution in [1.82, 2.24) is 5.32 Å². The van der Waals surface area contributed by atoms with Gasteiger partial charge in [-0.2, -0.15) is 0 Å². The van der Waals surface area contributed by atoms with Crippen LogP contribution in [0.3, 0.4) is 0 Å². The van der Waals surface area contributed by atoms with Gasteiger partial charge in [0.05, 0.1) is 0 Å². The zero-order valence-electron chi connectivity index (χ0n) is 8.40. The highest BCUT2D eigenvalue weighted by Crippen LogP contribution is 2.29. The Labute approximate surface area is 88.4 Å². The van der Waals surface area contributed by atoms with Gasteiger partial charge >= 0.3 is 0 Å². The molecule has 2 heterocycles. The maximum atomic E-state index is 4.36. The Morgan fingerprint density at radius 1 is 1.43 bits per heavy atom. The van der Waals surface area contributed by atoms with E-state index in [0.717, 1.165) is 0 Å². The molecular weight excluding hydrogens is 192 g/mol. The van der Waals surface area contributed by atoms with Gasteiger partial charge in [0, 0.05) is 16.0 Å². The van der Waals surface area contributed by atoms with Crippen LogP contribution in [0.15, 0.2) is 29.4 Å². The van der Waals surface area contributed by atoms with Gasteiger partial charge < -0.3 is 5.32 Å². The molecule has 2 nitrogen and oxygen atoms in total. The van der Waals surface area contributed by atoms with Crippen molar-refractivity contribution in [2.24, 2.45) is 4.99 Å². The molecule has 2 rings (SSSR count). The minimum absolute atomic E-state index is 0.123. The molecule has 1 aromatic heterocycles. The molecule has 0 radical (unpaired) electrons. The molecule has 1 aromatic rings. The average Bonchev–Trinajstić information content (AvgIpc) is 2.68. The Morgan fingerprint density at radius 3 is 2.86 bits per heavy atom. The van der Waals surface area contributed by atoms with E-state index in [1.54, 1.807) is 0 Å². The Balaban J connectivity index is 2.16. The first-order valence-electron chi connectivity index (χ1n) is 4.81. The summed E-state index contributed by atoms with van der Waals surface area (Å²) in [5.41, 5.74) is 0. The maximum absolute atomic E-state index is 4.36. The van der Waals surface area contributed by atoms with Crippen LogP contribution >= 0.6 is 11.3 Å². The monoisotopic (exact) mass is 206 g/mol. The zero-order valence-corrected chi connectivity index (χ0v) is 9.21. The Hall–Kier alpha value is -1.09. The third-order valence-electron chi connectivity index (χ3n) is 2.16. The summed E-state index contributed by atoms with van der Waals surface area (Å²) in [6, 6.07) is 4.36. The first-order chi connectivity index (χ1) is 6.77. The fraction of sp³-hybridized carbons (Fsp3) is 0.364. The standard InChI is InChI=1S/C11H14N2S/c1-8(2)9-4-5-10(14-9)11-12-6-3-7-13-11/h3-8,11-12H,1-2H3. The van der Waals surface area contributed by atoms with Gasteiger partial charge in [-0.3, -0.25) is 4.99 Å². The lowest BCUT2D eigenvalue weighted by atomic mass is 10.2. The Morgan fingerprint density at radius 2 is 2.29 bits per heavy atom. The van der Waals surface area contributed by atoms with Gasteiger partial charge in [-0.25, -0.2) is 0 Å². The maximum Gasteiger partial charge on any atom is 0.153 e. The first-order valence-corrected chi connectivity index (χ1v) is 5.63. The molecular formula is C11H14N2S. The minimum Gasteiger partial charge on any atom is -0.365 e. The molecule has 1 atom stereocenters. The number of hydrogen-bond acceptors (Lipinski definition) is 3. The van der Waals surface area contributed by atoms with Gasteiger partial charge in [0.2, 0.25) is 0 Å². The number of rotatable bonds is 2. The van der Waals surface area contributed by atoms with Crippen molar-refractivity contribution >= 4 is 17.6 Å². The number of allylic oxidation sites excluding steroid dienone is 1. The number of thiophene rings is 1. The highest BCUT2D eigenvalue weighted by atomic mass is 32.1. The second-order valence-corrected chi connectivity index (χ2v) is 4.77. The topological polar surface area (TPSA) is 24.4 Å². The van der Waals surface area contributed by atoms with Gasteiger partial charge in [0.25, 0.3) is 0 Å². The predicted molar refractivity (Wildman–Crippen MR) is 61.9 cm³/mol. The molecule has 0 saturated heterocycles. The SMILES string of the molecule is CC(C)c1ccc(C2N=CC=CN2)s1. The molecule has 1 unspecified atom stereocenters. The van der Waals surface area contributed by atoms with Crippen LogP contribution < -0.4 is 5.32 Å². The van der Waals surface area contributed by atoms with E-state index in [9.17, 15) is 0 Å². The molecule has 0 aromatic carbocycles. The summed E-state index contributed by atoms with van der Waals surface area (Å²) in [6.45, 7) is 4.43. The van der Waals surface area contributed by atoms with Crippen molar-refractivity contribution in [3.05, 3.63) is 34.2 Å². The van der Waals surface area contributed by atoms with E-state index in [0.29, 0.717) is 5.92 Å². The van der Waals surface area contributed by atoms with Crippen LogP contribution in [0.4, 0.5) is 0 Å². The fourth-order valence-electron chi connectivity index (χ4n) is 1.35. The Kier molecular flexibility index (Phi) is 2.68.